The summed E-state index contributed by atoms with van der Waals surface area (Å²) >= 11 is 1.98. The minimum atomic E-state index is 0.262. The molecule has 0 aliphatic rings. The van der Waals surface area contributed by atoms with Gasteiger partial charge in [0.05, 0.1) is 0 Å². The monoisotopic (exact) mass is 218 g/mol. The smallest absolute Gasteiger partial charge is 0.0180 e. The molecule has 0 saturated carbocycles. The van der Waals surface area contributed by atoms with Gasteiger partial charge in [-0.1, -0.05) is 52.0 Å². The van der Waals surface area contributed by atoms with Crippen molar-refractivity contribution in [3.05, 3.63) is 34.0 Å². The number of fused-ring (bicyclic) bond motifs is 1. The summed E-state index contributed by atoms with van der Waals surface area (Å²) < 4.78 is 0. The highest BCUT2D eigenvalue weighted by molar-refractivity contribution is 7.14. The predicted octanol–water partition coefficient (Wildman–Crippen LogP) is 4.76. The van der Waals surface area contributed by atoms with E-state index < -0.39 is 0 Å². The summed E-state index contributed by atoms with van der Waals surface area (Å²) in [6.07, 6.45) is 1.14. The first-order chi connectivity index (χ1) is 7.04. The number of hydrogen-bond acceptors (Lipinski definition) is 1. The molecule has 0 unspecified atom stereocenters. The second kappa shape index (κ2) is 3.64. The summed E-state index contributed by atoms with van der Waals surface area (Å²) in [5.74, 6) is 0. The summed E-state index contributed by atoms with van der Waals surface area (Å²) in [5, 5.41) is 2.90. The Labute approximate surface area is 95.9 Å². The molecule has 0 aliphatic heterocycles. The fourth-order valence-electron chi connectivity index (χ4n) is 1.98. The van der Waals surface area contributed by atoms with Crippen molar-refractivity contribution in [1.82, 2.24) is 0 Å². The molecule has 2 aromatic rings. The Balaban J connectivity index is 2.76. The van der Waals surface area contributed by atoms with Crippen LogP contribution < -0.4 is 0 Å². The van der Waals surface area contributed by atoms with Gasteiger partial charge in [-0.05, 0) is 22.6 Å². The molecule has 1 aromatic carbocycles. The van der Waals surface area contributed by atoms with Crippen molar-refractivity contribution in [3.63, 3.8) is 0 Å². The van der Waals surface area contributed by atoms with Crippen molar-refractivity contribution in [2.24, 2.45) is 0 Å². The Morgan fingerprint density at radius 1 is 1.07 bits per heavy atom. The molecule has 80 valence electrons. The molecule has 0 aliphatic carbocycles. The van der Waals surface area contributed by atoms with Gasteiger partial charge in [-0.15, -0.1) is 11.3 Å². The van der Waals surface area contributed by atoms with E-state index in [1.165, 1.54) is 20.5 Å². The summed E-state index contributed by atoms with van der Waals surface area (Å²) in [6.45, 7) is 9.13. The Bertz CT molecular complexity index is 472. The van der Waals surface area contributed by atoms with E-state index in [4.69, 9.17) is 0 Å². The highest BCUT2D eigenvalue weighted by atomic mass is 32.1. The molecule has 0 bridgehead atoms. The van der Waals surface area contributed by atoms with Crippen molar-refractivity contribution in [3.8, 4) is 0 Å². The first kappa shape index (κ1) is 10.7. The Hall–Kier alpha value is -0.820. The van der Waals surface area contributed by atoms with E-state index in [0.717, 1.165) is 6.42 Å². The van der Waals surface area contributed by atoms with Gasteiger partial charge in [0.15, 0.2) is 0 Å². The third-order valence-corrected chi connectivity index (χ3v) is 4.49. The van der Waals surface area contributed by atoms with Crippen LogP contribution >= 0.6 is 11.3 Å². The second-order valence-corrected chi connectivity index (χ2v) is 6.11. The van der Waals surface area contributed by atoms with Crippen molar-refractivity contribution < 1.29 is 0 Å². The molecule has 0 nitrogen and oxygen atoms in total. The topological polar surface area (TPSA) is 0 Å². The van der Waals surface area contributed by atoms with Gasteiger partial charge in [-0.3, -0.25) is 0 Å². The van der Waals surface area contributed by atoms with E-state index in [1.807, 2.05) is 11.3 Å². The number of thiophene rings is 1. The third-order valence-electron chi connectivity index (χ3n) is 2.70. The molecule has 0 amide bonds. The lowest BCUT2D eigenvalue weighted by Gasteiger charge is -2.16. The first-order valence-corrected chi connectivity index (χ1v) is 6.36. The maximum atomic E-state index is 2.30. The molecule has 1 heteroatoms. The quantitative estimate of drug-likeness (QED) is 0.647. The zero-order valence-corrected chi connectivity index (χ0v) is 10.7. The minimum Gasteiger partial charge on any atom is -0.144 e. The van der Waals surface area contributed by atoms with Crippen molar-refractivity contribution in [2.75, 3.05) is 0 Å². The standard InChI is InChI=1S/C14H18S/c1-5-12-10-8-6-7-9-11(10)13(15-12)14(2,3)4/h6-9H,5H2,1-4H3. The molecule has 0 radical (unpaired) electrons. The van der Waals surface area contributed by atoms with Gasteiger partial charge in [-0.2, -0.15) is 0 Å². The summed E-state index contributed by atoms with van der Waals surface area (Å²) in [5.41, 5.74) is 0.262. The summed E-state index contributed by atoms with van der Waals surface area (Å²) in [4.78, 5) is 3.05. The number of aryl methyl sites for hydroxylation is 1. The molecule has 0 saturated heterocycles. The van der Waals surface area contributed by atoms with Gasteiger partial charge >= 0.3 is 0 Å². The predicted molar refractivity (Wildman–Crippen MR) is 69.9 cm³/mol. The maximum Gasteiger partial charge on any atom is 0.0180 e. The van der Waals surface area contributed by atoms with Crippen LogP contribution in [0.3, 0.4) is 0 Å². The SMILES string of the molecule is CCc1sc(C(C)(C)C)c2ccccc12. The van der Waals surface area contributed by atoms with E-state index in [1.54, 1.807) is 0 Å². The molecular weight excluding hydrogens is 200 g/mol. The molecule has 1 heterocycles. The lowest BCUT2D eigenvalue weighted by molar-refractivity contribution is 0.608. The van der Waals surface area contributed by atoms with Crippen LogP contribution in [0.1, 0.15) is 37.4 Å². The van der Waals surface area contributed by atoms with Crippen LogP contribution in [0.15, 0.2) is 24.3 Å². The Morgan fingerprint density at radius 3 is 2.20 bits per heavy atom. The highest BCUT2D eigenvalue weighted by Gasteiger charge is 2.20. The minimum absolute atomic E-state index is 0.262. The van der Waals surface area contributed by atoms with Crippen LogP contribution in [0, 0.1) is 0 Å². The van der Waals surface area contributed by atoms with Crippen LogP contribution in [0.2, 0.25) is 0 Å². The van der Waals surface area contributed by atoms with E-state index in [-0.39, 0.29) is 5.41 Å². The molecule has 0 atom stereocenters. The summed E-state index contributed by atoms with van der Waals surface area (Å²) in [7, 11) is 0. The number of hydrogen-bond donors (Lipinski definition) is 0. The van der Waals surface area contributed by atoms with Gasteiger partial charge < -0.3 is 0 Å². The van der Waals surface area contributed by atoms with Crippen molar-refractivity contribution in [2.45, 2.75) is 39.5 Å². The number of rotatable bonds is 1. The zero-order chi connectivity index (χ0) is 11.1. The molecule has 2 rings (SSSR count). The van der Waals surface area contributed by atoms with Crippen LogP contribution in [-0.2, 0) is 11.8 Å². The fraction of sp³-hybridized carbons (Fsp3) is 0.429. The largest absolute Gasteiger partial charge is 0.144 e. The van der Waals surface area contributed by atoms with E-state index >= 15 is 0 Å². The molecule has 1 aromatic heterocycles. The first-order valence-electron chi connectivity index (χ1n) is 5.55. The van der Waals surface area contributed by atoms with Gasteiger partial charge in [0.2, 0.25) is 0 Å². The summed E-state index contributed by atoms with van der Waals surface area (Å²) in [6, 6.07) is 8.79. The Morgan fingerprint density at radius 2 is 1.67 bits per heavy atom. The van der Waals surface area contributed by atoms with Crippen LogP contribution in [-0.4, -0.2) is 0 Å². The average molecular weight is 218 g/mol. The Kier molecular flexibility index (Phi) is 2.59. The zero-order valence-electron chi connectivity index (χ0n) is 9.92. The molecule has 0 spiro atoms. The third kappa shape index (κ3) is 1.81. The van der Waals surface area contributed by atoms with Crippen LogP contribution in [0.25, 0.3) is 10.8 Å². The van der Waals surface area contributed by atoms with E-state index in [2.05, 4.69) is 52.0 Å². The van der Waals surface area contributed by atoms with Gasteiger partial charge in [-0.25, -0.2) is 0 Å². The van der Waals surface area contributed by atoms with Crippen molar-refractivity contribution >= 4 is 22.1 Å². The van der Waals surface area contributed by atoms with Crippen LogP contribution in [0.5, 0.6) is 0 Å². The lowest BCUT2D eigenvalue weighted by atomic mass is 9.91. The normalized spacial score (nSPS) is 12.3. The average Bonchev–Trinajstić information content (AvgIpc) is 2.55. The highest BCUT2D eigenvalue weighted by Crippen LogP contribution is 2.38. The van der Waals surface area contributed by atoms with Gasteiger partial charge in [0, 0.05) is 9.75 Å². The number of benzene rings is 1. The maximum absolute atomic E-state index is 2.30. The molecule has 0 N–H and O–H groups in total. The molecule has 15 heavy (non-hydrogen) atoms. The van der Waals surface area contributed by atoms with Crippen molar-refractivity contribution in [1.29, 1.82) is 0 Å². The van der Waals surface area contributed by atoms with E-state index in [0.29, 0.717) is 0 Å². The second-order valence-electron chi connectivity index (χ2n) is 5.00. The lowest BCUT2D eigenvalue weighted by Crippen LogP contribution is -2.08. The molecule has 0 fully saturated rings. The van der Waals surface area contributed by atoms with Gasteiger partial charge in [0.25, 0.3) is 0 Å². The van der Waals surface area contributed by atoms with Crippen LogP contribution in [0.4, 0.5) is 0 Å². The van der Waals surface area contributed by atoms with E-state index in [9.17, 15) is 0 Å². The molecular formula is C14H18S. The fourth-order valence-corrected chi connectivity index (χ4v) is 3.25. The van der Waals surface area contributed by atoms with Gasteiger partial charge in [0.1, 0.15) is 0 Å².